The zero-order chi connectivity index (χ0) is 34.5. The first-order valence-electron chi connectivity index (χ1n) is 14.7. The molecule has 2 aromatic carbocycles. The highest BCUT2D eigenvalue weighted by molar-refractivity contribution is 6.31. The van der Waals surface area contributed by atoms with Crippen LogP contribution in [0.4, 0.5) is 33.9 Å². The number of nitrogens with one attached hydrogen (secondary N) is 2. The Bertz CT molecular complexity index is 1630. The van der Waals surface area contributed by atoms with E-state index < -0.39 is 54.5 Å². The number of fused-ring (bicyclic) bond motifs is 1. The summed E-state index contributed by atoms with van der Waals surface area (Å²) >= 11 is 5.92. The minimum absolute atomic E-state index is 0.0597. The number of methoxy groups -OCH3 is 1. The van der Waals surface area contributed by atoms with Crippen LogP contribution in [0.1, 0.15) is 46.5 Å². The molecule has 47 heavy (non-hydrogen) atoms. The maximum absolute atomic E-state index is 14.6. The van der Waals surface area contributed by atoms with E-state index >= 15 is 0 Å². The summed E-state index contributed by atoms with van der Waals surface area (Å²) in [6.07, 6.45) is -3.77. The first-order valence-corrected chi connectivity index (χ1v) is 15.0. The highest BCUT2D eigenvalue weighted by Crippen LogP contribution is 2.38. The number of benzene rings is 2. The summed E-state index contributed by atoms with van der Waals surface area (Å²) in [6.45, 7) is 3.65. The normalized spacial score (nSPS) is 16.7. The van der Waals surface area contributed by atoms with Crippen LogP contribution in [0.15, 0.2) is 36.7 Å². The van der Waals surface area contributed by atoms with Gasteiger partial charge in [-0.2, -0.15) is 13.2 Å². The number of hydrogen-bond acceptors (Lipinski definition) is 9. The number of imide groups is 1. The van der Waals surface area contributed by atoms with E-state index in [1.54, 1.807) is 44.3 Å². The van der Waals surface area contributed by atoms with Gasteiger partial charge in [0.25, 0.3) is 0 Å². The number of carbonyl (C=O) groups is 3. The molecule has 0 atom stereocenters. The Morgan fingerprint density at radius 3 is 2.38 bits per heavy atom. The molecule has 0 unspecified atom stereocenters. The first kappa shape index (κ1) is 35.5. The third-order valence-electron chi connectivity index (χ3n) is 7.20. The van der Waals surface area contributed by atoms with E-state index in [9.17, 15) is 31.9 Å². The molecule has 0 radical (unpaired) electrons. The average Bonchev–Trinajstić information content (AvgIpc) is 3.00. The minimum Gasteiger partial charge on any atom is -0.493 e. The lowest BCUT2D eigenvalue weighted by molar-refractivity contribution is -0.173. The van der Waals surface area contributed by atoms with Crippen LogP contribution in [0.2, 0.25) is 5.02 Å². The molecule has 2 N–H and O–H groups in total. The molecule has 3 amide bonds. The van der Waals surface area contributed by atoms with E-state index in [1.807, 2.05) is 0 Å². The van der Waals surface area contributed by atoms with Crippen LogP contribution in [0.25, 0.3) is 10.9 Å². The molecule has 16 heteroatoms. The lowest BCUT2D eigenvalue weighted by atomic mass is 9.86. The zero-order valence-corrected chi connectivity index (χ0v) is 26.8. The lowest BCUT2D eigenvalue weighted by Crippen LogP contribution is -2.49. The largest absolute Gasteiger partial charge is 0.493 e. The van der Waals surface area contributed by atoms with E-state index in [4.69, 9.17) is 25.8 Å². The minimum atomic E-state index is -5.11. The van der Waals surface area contributed by atoms with Gasteiger partial charge in [-0.1, -0.05) is 17.7 Å². The maximum atomic E-state index is 14.6. The van der Waals surface area contributed by atoms with Crippen molar-refractivity contribution in [1.82, 2.24) is 20.2 Å². The number of nitrogens with zero attached hydrogens (tertiary/aromatic N) is 3. The molecular formula is C31H34ClF4N5O6. The Labute approximate surface area is 272 Å². The number of ether oxygens (including phenoxy) is 3. The van der Waals surface area contributed by atoms with E-state index in [2.05, 4.69) is 15.3 Å². The number of halogens is 5. The molecular weight excluding hydrogens is 650 g/mol. The summed E-state index contributed by atoms with van der Waals surface area (Å²) in [5.41, 5.74) is -0.364. The van der Waals surface area contributed by atoms with Gasteiger partial charge < -0.3 is 24.8 Å². The molecule has 11 nitrogen and oxygen atoms in total. The molecule has 1 fully saturated rings. The maximum Gasteiger partial charge on any atom is 0.471 e. The summed E-state index contributed by atoms with van der Waals surface area (Å²) in [6, 6.07) is 7.84. The first-order chi connectivity index (χ1) is 22.1. The zero-order valence-electron chi connectivity index (χ0n) is 26.0. The van der Waals surface area contributed by atoms with E-state index in [0.717, 1.165) is 4.90 Å². The van der Waals surface area contributed by atoms with Crippen molar-refractivity contribution in [1.29, 1.82) is 0 Å². The van der Waals surface area contributed by atoms with Crippen LogP contribution < -0.4 is 20.1 Å². The summed E-state index contributed by atoms with van der Waals surface area (Å²) < 4.78 is 69.6. The van der Waals surface area contributed by atoms with Crippen LogP contribution in [0.5, 0.6) is 11.5 Å². The molecule has 3 aromatic rings. The number of alkyl halides is 3. The van der Waals surface area contributed by atoms with Crippen molar-refractivity contribution in [2.75, 3.05) is 25.5 Å². The molecule has 0 aliphatic heterocycles. The SMILES string of the molecule is COc1cc2ncnc(Nc3cccc(Cl)c3F)c2cc1O[C@H]1CC[C@@H](C(=O)N(CCNC(=O)C(F)(F)F)C(=O)OC(C)(C)C)CC1. The molecule has 4 rings (SSSR count). The van der Waals surface area contributed by atoms with Gasteiger partial charge in [0.15, 0.2) is 17.3 Å². The molecule has 0 spiro atoms. The van der Waals surface area contributed by atoms with E-state index in [-0.39, 0.29) is 16.8 Å². The molecule has 1 heterocycles. The molecule has 1 aliphatic rings. The lowest BCUT2D eigenvalue weighted by Gasteiger charge is -2.32. The second-order valence-electron chi connectivity index (χ2n) is 11.8. The highest BCUT2D eigenvalue weighted by Gasteiger charge is 2.39. The van der Waals surface area contributed by atoms with Crippen LogP contribution in [-0.2, 0) is 14.3 Å². The monoisotopic (exact) mass is 683 g/mol. The third-order valence-corrected chi connectivity index (χ3v) is 7.49. The van der Waals surface area contributed by atoms with Gasteiger partial charge in [0.2, 0.25) is 5.91 Å². The number of hydrogen-bond donors (Lipinski definition) is 2. The molecule has 1 aliphatic carbocycles. The molecule has 0 saturated heterocycles. The summed E-state index contributed by atoms with van der Waals surface area (Å²) in [4.78, 5) is 46.8. The van der Waals surface area contributed by atoms with Crippen molar-refractivity contribution in [3.05, 3.63) is 47.5 Å². The fourth-order valence-electron chi connectivity index (χ4n) is 4.96. The Kier molecular flexibility index (Phi) is 11.0. The number of rotatable bonds is 9. The van der Waals surface area contributed by atoms with Crippen molar-refractivity contribution in [2.45, 2.75) is 64.3 Å². The number of aromatic nitrogens is 2. The Morgan fingerprint density at radius 2 is 1.74 bits per heavy atom. The van der Waals surface area contributed by atoms with Gasteiger partial charge in [0.1, 0.15) is 17.7 Å². The van der Waals surface area contributed by atoms with Gasteiger partial charge in [0, 0.05) is 30.5 Å². The second-order valence-corrected chi connectivity index (χ2v) is 12.2. The van der Waals surface area contributed by atoms with Crippen LogP contribution >= 0.6 is 11.6 Å². The van der Waals surface area contributed by atoms with Crippen molar-refractivity contribution in [3.8, 4) is 11.5 Å². The molecule has 254 valence electrons. The van der Waals surface area contributed by atoms with Gasteiger partial charge in [-0.25, -0.2) is 24.1 Å². The van der Waals surface area contributed by atoms with Gasteiger partial charge in [-0.3, -0.25) is 9.59 Å². The quantitative estimate of drug-likeness (QED) is 0.241. The highest BCUT2D eigenvalue weighted by atomic mass is 35.5. The summed E-state index contributed by atoms with van der Waals surface area (Å²) in [7, 11) is 1.47. The molecule has 0 bridgehead atoms. The topological polar surface area (TPSA) is 132 Å². The second kappa shape index (κ2) is 14.6. The third kappa shape index (κ3) is 9.11. The summed E-state index contributed by atoms with van der Waals surface area (Å²) in [5, 5.41) is 5.06. The van der Waals surface area contributed by atoms with Crippen molar-refractivity contribution in [2.24, 2.45) is 5.92 Å². The molecule has 1 aromatic heterocycles. The van der Waals surface area contributed by atoms with Crippen LogP contribution in [-0.4, -0.2) is 70.9 Å². The van der Waals surface area contributed by atoms with Crippen molar-refractivity contribution >= 4 is 51.9 Å². The van der Waals surface area contributed by atoms with E-state index in [1.165, 1.54) is 25.6 Å². The van der Waals surface area contributed by atoms with Gasteiger partial charge in [-0.15, -0.1) is 0 Å². The predicted molar refractivity (Wildman–Crippen MR) is 164 cm³/mol. The fraction of sp³-hybridized carbons (Fsp3) is 0.452. The Hall–Kier alpha value is -4.40. The smallest absolute Gasteiger partial charge is 0.471 e. The predicted octanol–water partition coefficient (Wildman–Crippen LogP) is 6.55. The summed E-state index contributed by atoms with van der Waals surface area (Å²) in [5.74, 6) is -3.05. The van der Waals surface area contributed by atoms with Crippen molar-refractivity contribution in [3.63, 3.8) is 0 Å². The van der Waals surface area contributed by atoms with Gasteiger partial charge >= 0.3 is 18.2 Å². The fourth-order valence-corrected chi connectivity index (χ4v) is 5.14. The number of anilines is 2. The van der Waals surface area contributed by atoms with E-state index in [0.29, 0.717) is 53.9 Å². The molecule has 1 saturated carbocycles. The number of amides is 3. The van der Waals surface area contributed by atoms with Crippen molar-refractivity contribution < 1.29 is 46.2 Å². The van der Waals surface area contributed by atoms with Gasteiger partial charge in [0.05, 0.1) is 29.4 Å². The standard InChI is InChI=1S/C31H34ClF4N5O6/c1-30(2,3)47-29(44)41(13-12-37-28(43)31(34,35)36)27(42)17-8-10-18(11-9-17)46-24-14-19-22(15-23(24)45-4)38-16-39-26(19)40-21-7-5-6-20(32)25(21)33/h5-7,14-18H,8-13H2,1-4H3,(H,37,43)(H,38,39,40)/t17-,18+. The Morgan fingerprint density at radius 1 is 1.04 bits per heavy atom. The Balaban J connectivity index is 1.46. The average molecular weight is 684 g/mol. The van der Waals surface area contributed by atoms with Crippen LogP contribution in [0.3, 0.4) is 0 Å². The number of carbonyl (C=O) groups excluding carboxylic acids is 3. The van der Waals surface area contributed by atoms with Gasteiger partial charge in [-0.05, 0) is 64.7 Å². The van der Waals surface area contributed by atoms with Crippen LogP contribution in [0, 0.1) is 11.7 Å².